The lowest BCUT2D eigenvalue weighted by molar-refractivity contribution is -0.229. The Morgan fingerprint density at radius 3 is 2.21 bits per heavy atom. The summed E-state index contributed by atoms with van der Waals surface area (Å²) in [6.45, 7) is 4.53. The molecule has 1 aliphatic heterocycles. The Bertz CT molecular complexity index is 1500. The Kier molecular flexibility index (Phi) is 13.7. The molecule has 47 heavy (non-hydrogen) atoms. The third-order valence-corrected chi connectivity index (χ3v) is 9.66. The van der Waals surface area contributed by atoms with Gasteiger partial charge < -0.3 is 29.2 Å². The molecule has 0 amide bonds. The molecular formula is C35H45N3O8S. The first-order valence-corrected chi connectivity index (χ1v) is 17.1. The van der Waals surface area contributed by atoms with Crippen molar-refractivity contribution in [2.75, 3.05) is 33.1 Å². The third-order valence-electron chi connectivity index (χ3n) is 7.83. The van der Waals surface area contributed by atoms with Crippen LogP contribution < -0.4 is 10.1 Å². The minimum Gasteiger partial charge on any atom is -0.489 e. The van der Waals surface area contributed by atoms with E-state index in [1.165, 1.54) is 16.4 Å². The molecule has 3 atom stereocenters. The molecule has 0 aromatic heterocycles. The summed E-state index contributed by atoms with van der Waals surface area (Å²) in [6, 6.07) is 26.6. The van der Waals surface area contributed by atoms with Crippen molar-refractivity contribution in [1.82, 2.24) is 9.62 Å². The molecule has 12 heteroatoms. The molecular weight excluding hydrogens is 622 g/mol. The van der Waals surface area contributed by atoms with E-state index >= 15 is 0 Å². The molecule has 0 saturated carbocycles. The topological polar surface area (TPSA) is 151 Å². The number of nitrogens with zero attached hydrogens (tertiary/aromatic N) is 2. The van der Waals surface area contributed by atoms with Gasteiger partial charge in [0.2, 0.25) is 16.4 Å². The van der Waals surface area contributed by atoms with E-state index in [0.29, 0.717) is 18.8 Å². The lowest BCUT2D eigenvalue weighted by atomic mass is 9.88. The minimum atomic E-state index is -4.12. The van der Waals surface area contributed by atoms with Crippen molar-refractivity contribution < 1.29 is 37.6 Å². The van der Waals surface area contributed by atoms with E-state index in [0.717, 1.165) is 11.1 Å². The third kappa shape index (κ3) is 11.7. The molecule has 0 aliphatic carbocycles. The van der Waals surface area contributed by atoms with Gasteiger partial charge in [-0.05, 0) is 53.6 Å². The number of sulfonamides is 1. The molecule has 1 aliphatic rings. The van der Waals surface area contributed by atoms with Gasteiger partial charge in [0.05, 0.1) is 30.3 Å². The molecule has 3 N–H and O–H groups in total. The zero-order chi connectivity index (χ0) is 33.7. The fourth-order valence-corrected chi connectivity index (χ4v) is 6.90. The SMILES string of the molecule is CC(C)(CCC#N)CN(C[C@@H](O)[C@H](Cc1ccccc1)N[C@H](O)OC1COCOC1)S(=O)(=O)c1ccc(OCc2ccccc2)cc1. The summed E-state index contributed by atoms with van der Waals surface area (Å²) in [5.41, 5.74) is 1.28. The van der Waals surface area contributed by atoms with Crippen LogP contribution in [-0.4, -0.2) is 80.7 Å². The number of rotatable bonds is 18. The zero-order valence-electron chi connectivity index (χ0n) is 26.9. The predicted molar refractivity (Wildman–Crippen MR) is 175 cm³/mol. The monoisotopic (exact) mass is 667 g/mol. The molecule has 0 radical (unpaired) electrons. The number of hydrogen-bond acceptors (Lipinski definition) is 10. The van der Waals surface area contributed by atoms with E-state index in [2.05, 4.69) is 11.4 Å². The predicted octanol–water partition coefficient (Wildman–Crippen LogP) is 3.81. The lowest BCUT2D eigenvalue weighted by Crippen LogP contribution is -2.54. The molecule has 1 heterocycles. The van der Waals surface area contributed by atoms with Crippen LogP contribution in [0.5, 0.6) is 5.75 Å². The Morgan fingerprint density at radius 2 is 1.60 bits per heavy atom. The first-order chi connectivity index (χ1) is 22.6. The molecule has 3 aromatic carbocycles. The molecule has 11 nitrogen and oxygen atoms in total. The van der Waals surface area contributed by atoms with Crippen LogP contribution >= 0.6 is 0 Å². The van der Waals surface area contributed by atoms with Gasteiger partial charge >= 0.3 is 0 Å². The van der Waals surface area contributed by atoms with Gasteiger partial charge in [-0.15, -0.1) is 0 Å². The van der Waals surface area contributed by atoms with Gasteiger partial charge in [-0.2, -0.15) is 9.57 Å². The van der Waals surface area contributed by atoms with Crippen LogP contribution in [0.1, 0.15) is 37.8 Å². The van der Waals surface area contributed by atoms with Gasteiger partial charge in [0.1, 0.15) is 25.3 Å². The average Bonchev–Trinajstić information content (AvgIpc) is 3.07. The van der Waals surface area contributed by atoms with E-state index in [4.69, 9.17) is 18.9 Å². The van der Waals surface area contributed by atoms with Gasteiger partial charge in [0.15, 0.2) is 0 Å². The maximum atomic E-state index is 14.2. The first kappa shape index (κ1) is 36.5. The van der Waals surface area contributed by atoms with Crippen LogP contribution in [-0.2, 0) is 37.3 Å². The van der Waals surface area contributed by atoms with E-state index in [9.17, 15) is 23.9 Å². The summed E-state index contributed by atoms with van der Waals surface area (Å²) in [6.07, 6.45) is -2.26. The van der Waals surface area contributed by atoms with E-state index < -0.39 is 40.1 Å². The maximum Gasteiger partial charge on any atom is 0.243 e. The first-order valence-electron chi connectivity index (χ1n) is 15.7. The Hall–Kier alpha value is -3.38. The van der Waals surface area contributed by atoms with Gasteiger partial charge in [-0.1, -0.05) is 74.5 Å². The summed E-state index contributed by atoms with van der Waals surface area (Å²) >= 11 is 0. The summed E-state index contributed by atoms with van der Waals surface area (Å²) in [5.74, 6) is 0.517. The van der Waals surface area contributed by atoms with Crippen LogP contribution in [0.3, 0.4) is 0 Å². The molecule has 1 saturated heterocycles. The normalized spacial score (nSPS) is 16.3. The van der Waals surface area contributed by atoms with Crippen LogP contribution in [0.25, 0.3) is 0 Å². The number of nitriles is 1. The second kappa shape index (κ2) is 17.7. The highest BCUT2D eigenvalue weighted by atomic mass is 32.2. The molecule has 0 bridgehead atoms. The number of aliphatic hydroxyl groups is 2. The average molecular weight is 668 g/mol. The van der Waals surface area contributed by atoms with Crippen molar-refractivity contribution in [3.63, 3.8) is 0 Å². The van der Waals surface area contributed by atoms with Gasteiger partial charge in [0.25, 0.3) is 0 Å². The second-order valence-corrected chi connectivity index (χ2v) is 14.3. The summed E-state index contributed by atoms with van der Waals surface area (Å²) in [5, 5.41) is 34.6. The number of aliphatic hydroxyl groups excluding tert-OH is 2. The molecule has 0 unspecified atom stereocenters. The summed E-state index contributed by atoms with van der Waals surface area (Å²) in [4.78, 5) is 0.0427. The largest absolute Gasteiger partial charge is 0.489 e. The molecule has 4 rings (SSSR count). The van der Waals surface area contributed by atoms with E-state index in [-0.39, 0.29) is 50.8 Å². The van der Waals surface area contributed by atoms with Crippen LogP contribution in [0.4, 0.5) is 0 Å². The van der Waals surface area contributed by atoms with Gasteiger partial charge in [-0.25, -0.2) is 8.42 Å². The van der Waals surface area contributed by atoms with E-state index in [1.807, 2.05) is 74.5 Å². The Morgan fingerprint density at radius 1 is 0.979 bits per heavy atom. The van der Waals surface area contributed by atoms with Crippen molar-refractivity contribution in [2.24, 2.45) is 5.41 Å². The van der Waals surface area contributed by atoms with Crippen LogP contribution in [0.2, 0.25) is 0 Å². The number of nitrogens with one attached hydrogen (secondary N) is 1. The standard InChI is InChI=1S/C35H45N3O8S/c1-35(2,18-9-19-36)25-38(47(41,42)31-16-14-29(15-17-31)45-22-28-12-7-4-8-13-28)21-33(39)32(20-27-10-5-3-6-11-27)37-34(40)46-30-23-43-26-44-24-30/h3-8,10-17,30,32-34,37,39-40H,9,18,20-26H2,1-2H3/t32-,33+,34+/m0/s1. The maximum absolute atomic E-state index is 14.2. The van der Waals surface area contributed by atoms with Crippen molar-refractivity contribution in [3.8, 4) is 11.8 Å². The highest BCUT2D eigenvalue weighted by Gasteiger charge is 2.35. The van der Waals surface area contributed by atoms with Gasteiger partial charge in [0, 0.05) is 25.6 Å². The smallest absolute Gasteiger partial charge is 0.243 e. The van der Waals surface area contributed by atoms with Gasteiger partial charge in [-0.3, -0.25) is 5.32 Å². The van der Waals surface area contributed by atoms with E-state index in [1.54, 1.807) is 12.1 Å². The molecule has 0 spiro atoms. The summed E-state index contributed by atoms with van der Waals surface area (Å²) in [7, 11) is -4.12. The van der Waals surface area contributed by atoms with Crippen LogP contribution in [0, 0.1) is 16.7 Å². The number of ether oxygens (including phenoxy) is 4. The Balaban J connectivity index is 1.54. The molecule has 254 valence electrons. The van der Waals surface area contributed by atoms with Crippen molar-refractivity contribution in [3.05, 3.63) is 96.1 Å². The quantitative estimate of drug-likeness (QED) is 0.171. The van der Waals surface area contributed by atoms with Crippen molar-refractivity contribution >= 4 is 10.0 Å². The lowest BCUT2D eigenvalue weighted by Gasteiger charge is -2.35. The second-order valence-electron chi connectivity index (χ2n) is 12.4. The highest BCUT2D eigenvalue weighted by Crippen LogP contribution is 2.29. The number of benzene rings is 3. The van der Waals surface area contributed by atoms with Crippen molar-refractivity contribution in [2.45, 2.75) is 69.3 Å². The zero-order valence-corrected chi connectivity index (χ0v) is 27.7. The Labute approximate surface area is 277 Å². The van der Waals surface area contributed by atoms with Crippen LogP contribution in [0.15, 0.2) is 89.8 Å². The molecule has 1 fully saturated rings. The fourth-order valence-electron chi connectivity index (χ4n) is 5.26. The fraction of sp³-hybridized carbons (Fsp3) is 0.457. The number of hydrogen-bond donors (Lipinski definition) is 3. The minimum absolute atomic E-state index is 0.0427. The van der Waals surface area contributed by atoms with Crippen molar-refractivity contribution in [1.29, 1.82) is 5.26 Å². The summed E-state index contributed by atoms with van der Waals surface area (Å²) < 4.78 is 51.6. The highest BCUT2D eigenvalue weighted by molar-refractivity contribution is 7.89. The molecule has 3 aromatic rings.